The van der Waals surface area contributed by atoms with E-state index in [1.807, 2.05) is 42.8 Å². The van der Waals surface area contributed by atoms with Crippen molar-refractivity contribution in [1.82, 2.24) is 4.57 Å². The SMILES string of the molecule is CC1(C)OCC(c2cccc3c2c(CC(O)CO)cn3-c2ccc(Oc3ccc(C(F)(F)F)c(C#N)c3)cc2)O1. The van der Waals surface area contributed by atoms with Crippen LogP contribution < -0.4 is 4.74 Å². The van der Waals surface area contributed by atoms with E-state index < -0.39 is 29.2 Å². The number of nitrogens with zero attached hydrogens (tertiary/aromatic N) is 2. The van der Waals surface area contributed by atoms with Gasteiger partial charge in [0.2, 0.25) is 0 Å². The van der Waals surface area contributed by atoms with Crippen LogP contribution in [0.25, 0.3) is 16.6 Å². The second kappa shape index (κ2) is 10.6. The standard InChI is InChI=1S/C30H27F3N2O5/c1-29(2)38-17-27(40-29)24-4-3-5-26-28(24)19(12-21(37)16-36)15-35(26)20-6-8-22(9-7-20)39-23-10-11-25(30(31,32)33)18(13-23)14-34/h3-11,13,15,21,27,36-37H,12,16-17H2,1-2H3. The molecule has 0 amide bonds. The quantitative estimate of drug-likeness (QED) is 0.291. The van der Waals surface area contributed by atoms with Gasteiger partial charge in [0.15, 0.2) is 5.79 Å². The minimum Gasteiger partial charge on any atom is -0.457 e. The molecule has 2 unspecified atom stereocenters. The van der Waals surface area contributed by atoms with Crippen molar-refractivity contribution >= 4 is 10.9 Å². The molecule has 0 aliphatic carbocycles. The first-order valence-corrected chi connectivity index (χ1v) is 12.6. The van der Waals surface area contributed by atoms with Gasteiger partial charge in [-0.1, -0.05) is 12.1 Å². The van der Waals surface area contributed by atoms with E-state index in [1.165, 1.54) is 6.07 Å². The van der Waals surface area contributed by atoms with E-state index in [0.717, 1.165) is 39.8 Å². The van der Waals surface area contributed by atoms with Crippen molar-refractivity contribution in [3.63, 3.8) is 0 Å². The summed E-state index contributed by atoms with van der Waals surface area (Å²) in [5, 5.41) is 29.8. The highest BCUT2D eigenvalue weighted by Gasteiger charge is 2.35. The van der Waals surface area contributed by atoms with Gasteiger partial charge in [-0.05, 0) is 73.5 Å². The van der Waals surface area contributed by atoms with Gasteiger partial charge in [-0.25, -0.2) is 0 Å². The van der Waals surface area contributed by atoms with Gasteiger partial charge in [0, 0.05) is 23.7 Å². The van der Waals surface area contributed by atoms with E-state index >= 15 is 0 Å². The molecule has 1 aliphatic rings. The molecule has 0 radical (unpaired) electrons. The highest BCUT2D eigenvalue weighted by molar-refractivity contribution is 5.89. The average Bonchev–Trinajstić information content (AvgIpc) is 3.48. The summed E-state index contributed by atoms with van der Waals surface area (Å²) in [5.74, 6) is -0.244. The van der Waals surface area contributed by atoms with Gasteiger partial charge < -0.3 is 29.0 Å². The van der Waals surface area contributed by atoms with E-state index in [1.54, 1.807) is 30.3 Å². The van der Waals surface area contributed by atoms with E-state index in [4.69, 9.17) is 19.5 Å². The molecule has 10 heteroatoms. The topological polar surface area (TPSA) is 96.9 Å². The summed E-state index contributed by atoms with van der Waals surface area (Å²) in [4.78, 5) is 0. The molecule has 0 spiro atoms. The fraction of sp³-hybridized carbons (Fsp3) is 0.300. The number of hydrogen-bond donors (Lipinski definition) is 2. The first-order chi connectivity index (χ1) is 19.0. The summed E-state index contributed by atoms with van der Waals surface area (Å²) in [6.07, 6.45) is -3.76. The monoisotopic (exact) mass is 552 g/mol. The summed E-state index contributed by atoms with van der Waals surface area (Å²) < 4.78 is 58.9. The number of ether oxygens (including phenoxy) is 3. The Bertz CT molecular complexity index is 1570. The summed E-state index contributed by atoms with van der Waals surface area (Å²) >= 11 is 0. The van der Waals surface area contributed by atoms with E-state index in [9.17, 15) is 23.4 Å². The molecule has 2 N–H and O–H groups in total. The highest BCUT2D eigenvalue weighted by atomic mass is 19.4. The number of hydrogen-bond acceptors (Lipinski definition) is 6. The minimum atomic E-state index is -4.64. The van der Waals surface area contributed by atoms with Crippen molar-refractivity contribution in [3.8, 4) is 23.3 Å². The molecular formula is C30H27F3N2O5. The number of aliphatic hydroxyl groups excluding tert-OH is 2. The minimum absolute atomic E-state index is 0.107. The van der Waals surface area contributed by atoms with E-state index in [-0.39, 0.29) is 24.9 Å². The Labute approximate surface area is 228 Å². The molecular weight excluding hydrogens is 525 g/mol. The zero-order chi connectivity index (χ0) is 28.7. The summed E-state index contributed by atoms with van der Waals surface area (Å²) in [5.41, 5.74) is 1.84. The number of alkyl halides is 3. The molecule has 1 aromatic heterocycles. The number of aromatic nitrogens is 1. The third-order valence-corrected chi connectivity index (χ3v) is 6.73. The molecule has 0 saturated carbocycles. The summed E-state index contributed by atoms with van der Waals surface area (Å²) in [6, 6.07) is 17.4. The lowest BCUT2D eigenvalue weighted by atomic mass is 9.99. The number of nitriles is 1. The van der Waals surface area contributed by atoms with Gasteiger partial charge >= 0.3 is 6.18 Å². The van der Waals surface area contributed by atoms with E-state index in [2.05, 4.69) is 0 Å². The number of benzene rings is 3. The average molecular weight is 553 g/mol. The molecule has 208 valence electrons. The van der Waals surface area contributed by atoms with Gasteiger partial charge in [-0.2, -0.15) is 18.4 Å². The van der Waals surface area contributed by atoms with Crippen molar-refractivity contribution in [2.24, 2.45) is 0 Å². The molecule has 1 saturated heterocycles. The maximum absolute atomic E-state index is 13.1. The van der Waals surface area contributed by atoms with Crippen LogP contribution in [-0.4, -0.2) is 39.9 Å². The van der Waals surface area contributed by atoms with Gasteiger partial charge in [0.25, 0.3) is 0 Å². The molecule has 40 heavy (non-hydrogen) atoms. The zero-order valence-electron chi connectivity index (χ0n) is 21.8. The van der Waals surface area contributed by atoms with E-state index in [0.29, 0.717) is 12.4 Å². The molecule has 3 aromatic carbocycles. The Morgan fingerprint density at radius 3 is 2.48 bits per heavy atom. The molecule has 1 aliphatic heterocycles. The largest absolute Gasteiger partial charge is 0.457 e. The second-order valence-electron chi connectivity index (χ2n) is 10.0. The Kier molecular flexibility index (Phi) is 7.33. The maximum Gasteiger partial charge on any atom is 0.417 e. The number of halogens is 3. The van der Waals surface area contributed by atoms with Crippen molar-refractivity contribution in [2.75, 3.05) is 13.2 Å². The third kappa shape index (κ3) is 5.55. The van der Waals surface area contributed by atoms with Crippen molar-refractivity contribution in [2.45, 2.75) is 44.4 Å². The molecule has 2 heterocycles. The number of fused-ring (bicyclic) bond motifs is 1. The normalized spacial score (nSPS) is 17.6. The summed E-state index contributed by atoms with van der Waals surface area (Å²) in [6.45, 7) is 3.70. The zero-order valence-corrected chi connectivity index (χ0v) is 21.8. The first-order valence-electron chi connectivity index (χ1n) is 12.6. The smallest absolute Gasteiger partial charge is 0.417 e. The van der Waals surface area contributed by atoms with Crippen molar-refractivity contribution in [1.29, 1.82) is 5.26 Å². The fourth-order valence-electron chi connectivity index (χ4n) is 4.93. The molecule has 5 rings (SSSR count). The fourth-order valence-corrected chi connectivity index (χ4v) is 4.93. The highest BCUT2D eigenvalue weighted by Crippen LogP contribution is 2.39. The lowest BCUT2D eigenvalue weighted by Crippen LogP contribution is -2.19. The predicted molar refractivity (Wildman–Crippen MR) is 140 cm³/mol. The van der Waals surface area contributed by atoms with Crippen molar-refractivity contribution in [3.05, 3.63) is 89.1 Å². The number of rotatable bonds is 7. The third-order valence-electron chi connectivity index (χ3n) is 6.73. The number of aliphatic hydroxyl groups is 2. The maximum atomic E-state index is 13.1. The van der Waals surface area contributed by atoms with Crippen LogP contribution in [0.5, 0.6) is 11.5 Å². The Hall–Kier alpha value is -3.88. The van der Waals surface area contributed by atoms with Gasteiger partial charge in [0.1, 0.15) is 17.6 Å². The van der Waals surface area contributed by atoms with Crippen LogP contribution in [0.4, 0.5) is 13.2 Å². The molecule has 1 fully saturated rings. The van der Waals surface area contributed by atoms with Crippen LogP contribution in [0.2, 0.25) is 0 Å². The molecule has 2 atom stereocenters. The Balaban J connectivity index is 1.48. The van der Waals surface area contributed by atoms with Crippen LogP contribution in [0.3, 0.4) is 0 Å². The Morgan fingerprint density at radius 1 is 1.12 bits per heavy atom. The van der Waals surface area contributed by atoms with Crippen LogP contribution in [0, 0.1) is 11.3 Å². The van der Waals surface area contributed by atoms with Gasteiger partial charge in [-0.15, -0.1) is 0 Å². The van der Waals surface area contributed by atoms with Crippen molar-refractivity contribution < 1.29 is 37.6 Å². The second-order valence-corrected chi connectivity index (χ2v) is 10.0. The molecule has 0 bridgehead atoms. The lowest BCUT2D eigenvalue weighted by Gasteiger charge is -2.18. The van der Waals surface area contributed by atoms with Gasteiger partial charge in [-0.3, -0.25) is 0 Å². The molecule has 7 nitrogen and oxygen atoms in total. The lowest BCUT2D eigenvalue weighted by molar-refractivity contribution is -0.139. The van der Waals surface area contributed by atoms with Crippen LogP contribution in [0.15, 0.2) is 66.9 Å². The van der Waals surface area contributed by atoms with Crippen LogP contribution in [0.1, 0.15) is 42.2 Å². The summed E-state index contributed by atoms with van der Waals surface area (Å²) in [7, 11) is 0. The predicted octanol–water partition coefficient (Wildman–Crippen LogP) is 6.03. The molecule has 4 aromatic rings. The van der Waals surface area contributed by atoms with Gasteiger partial charge in [0.05, 0.1) is 42.0 Å². The van der Waals surface area contributed by atoms with Crippen LogP contribution >= 0.6 is 0 Å². The first kappa shape index (κ1) is 27.7. The Morgan fingerprint density at radius 2 is 1.85 bits per heavy atom. The van der Waals surface area contributed by atoms with Crippen LogP contribution in [-0.2, 0) is 22.1 Å².